The standard InChI is InChI=1S/C26H26N4O2S/c1-16-13-33-24-19(9-17-3-5-18(6-4-17)21-7-8-30(2)29-21)10-22(28-23(16)24)25(31)27-20-11-26(12-20)14-32-15-26/h3-8,10,13,20H,9,11-12,14-15H2,1-2H3,(H,27,31). The number of amides is 1. The van der Waals surface area contributed by atoms with Gasteiger partial charge in [-0.3, -0.25) is 9.48 Å². The largest absolute Gasteiger partial charge is 0.380 e. The Bertz CT molecular complexity index is 1340. The van der Waals surface area contributed by atoms with Crippen molar-refractivity contribution in [3.63, 3.8) is 0 Å². The second-order valence-corrected chi connectivity index (χ2v) is 10.5. The van der Waals surface area contributed by atoms with Crippen molar-refractivity contribution < 1.29 is 9.53 Å². The molecule has 6 nitrogen and oxygen atoms in total. The molecule has 33 heavy (non-hydrogen) atoms. The van der Waals surface area contributed by atoms with Gasteiger partial charge in [0.05, 0.1) is 29.1 Å². The molecule has 0 radical (unpaired) electrons. The van der Waals surface area contributed by atoms with Gasteiger partial charge in [0, 0.05) is 30.3 Å². The SMILES string of the molecule is Cc1csc2c(Cc3ccc(-c4ccn(C)n4)cc3)cc(C(=O)NC3CC4(COC4)C3)nc12. The molecule has 1 aliphatic heterocycles. The minimum atomic E-state index is -0.0747. The fraction of sp³-hybridized carbons (Fsp3) is 0.346. The summed E-state index contributed by atoms with van der Waals surface area (Å²) in [6.07, 6.45) is 4.72. The van der Waals surface area contributed by atoms with Crippen molar-refractivity contribution in [1.29, 1.82) is 0 Å². The normalized spacial score (nSPS) is 17.2. The number of fused-ring (bicyclic) bond motifs is 1. The summed E-state index contributed by atoms with van der Waals surface area (Å²) in [4.78, 5) is 17.8. The van der Waals surface area contributed by atoms with Crippen LogP contribution in [0, 0.1) is 12.3 Å². The Morgan fingerprint density at radius 2 is 2.03 bits per heavy atom. The lowest BCUT2D eigenvalue weighted by Gasteiger charge is -2.53. The predicted molar refractivity (Wildman–Crippen MR) is 130 cm³/mol. The predicted octanol–water partition coefficient (Wildman–Crippen LogP) is 4.50. The molecule has 1 aliphatic carbocycles. The van der Waals surface area contributed by atoms with Crippen molar-refractivity contribution in [1.82, 2.24) is 20.1 Å². The number of aromatic nitrogens is 3. The number of pyridine rings is 1. The van der Waals surface area contributed by atoms with Gasteiger partial charge >= 0.3 is 0 Å². The van der Waals surface area contributed by atoms with E-state index in [-0.39, 0.29) is 11.9 Å². The molecule has 1 amide bonds. The van der Waals surface area contributed by atoms with Gasteiger partial charge in [-0.25, -0.2) is 4.98 Å². The molecule has 2 fully saturated rings. The first-order valence-electron chi connectivity index (χ1n) is 11.3. The highest BCUT2D eigenvalue weighted by molar-refractivity contribution is 7.17. The van der Waals surface area contributed by atoms with E-state index in [0.29, 0.717) is 11.1 Å². The third kappa shape index (κ3) is 3.75. The molecule has 4 aromatic rings. The van der Waals surface area contributed by atoms with E-state index in [0.717, 1.165) is 65.1 Å². The van der Waals surface area contributed by atoms with E-state index in [1.807, 2.05) is 30.1 Å². The number of thiophene rings is 1. The maximum atomic E-state index is 13.0. The fourth-order valence-corrected chi connectivity index (χ4v) is 6.00. The van der Waals surface area contributed by atoms with Crippen LogP contribution in [0.1, 0.15) is 40.0 Å². The van der Waals surface area contributed by atoms with E-state index in [2.05, 4.69) is 47.0 Å². The summed E-state index contributed by atoms with van der Waals surface area (Å²) < 4.78 is 8.32. The second kappa shape index (κ2) is 7.78. The van der Waals surface area contributed by atoms with E-state index < -0.39 is 0 Å². The number of ether oxygens (including phenoxy) is 1. The molecule has 1 N–H and O–H groups in total. The Morgan fingerprint density at radius 3 is 2.70 bits per heavy atom. The van der Waals surface area contributed by atoms with E-state index in [1.54, 1.807) is 11.3 Å². The van der Waals surface area contributed by atoms with Gasteiger partial charge < -0.3 is 10.1 Å². The maximum Gasteiger partial charge on any atom is 0.270 e. The zero-order chi connectivity index (χ0) is 22.6. The van der Waals surface area contributed by atoms with Crippen molar-refractivity contribution in [2.75, 3.05) is 13.2 Å². The molecule has 6 rings (SSSR count). The van der Waals surface area contributed by atoms with Crippen LogP contribution in [0.15, 0.2) is 48.0 Å². The second-order valence-electron chi connectivity index (χ2n) is 9.58. The number of carbonyl (C=O) groups excluding carboxylic acids is 1. The van der Waals surface area contributed by atoms with E-state index in [4.69, 9.17) is 9.72 Å². The molecule has 4 heterocycles. The number of hydrogen-bond donors (Lipinski definition) is 1. The average molecular weight is 459 g/mol. The number of rotatable bonds is 5. The number of hydrogen-bond acceptors (Lipinski definition) is 5. The number of benzene rings is 1. The zero-order valence-electron chi connectivity index (χ0n) is 18.8. The van der Waals surface area contributed by atoms with Crippen LogP contribution in [0.25, 0.3) is 21.5 Å². The molecule has 7 heteroatoms. The van der Waals surface area contributed by atoms with Gasteiger partial charge in [0.25, 0.3) is 5.91 Å². The summed E-state index contributed by atoms with van der Waals surface area (Å²) >= 11 is 1.70. The molecular weight excluding hydrogens is 432 g/mol. The number of nitrogens with one attached hydrogen (secondary N) is 1. The lowest BCUT2D eigenvalue weighted by molar-refractivity contribution is -0.165. The molecule has 1 saturated heterocycles. The molecule has 0 bridgehead atoms. The first-order valence-corrected chi connectivity index (χ1v) is 12.2. The summed E-state index contributed by atoms with van der Waals surface area (Å²) in [6, 6.07) is 12.7. The molecular formula is C26H26N4O2S. The highest BCUT2D eigenvalue weighted by Crippen LogP contribution is 2.46. The van der Waals surface area contributed by atoms with Crippen LogP contribution in [0.4, 0.5) is 0 Å². The van der Waals surface area contributed by atoms with Crippen LogP contribution in [0.5, 0.6) is 0 Å². The quantitative estimate of drug-likeness (QED) is 0.478. The summed E-state index contributed by atoms with van der Waals surface area (Å²) in [7, 11) is 1.92. The summed E-state index contributed by atoms with van der Waals surface area (Å²) in [6.45, 7) is 3.73. The minimum Gasteiger partial charge on any atom is -0.380 e. The van der Waals surface area contributed by atoms with E-state index in [9.17, 15) is 4.79 Å². The van der Waals surface area contributed by atoms with Crippen molar-refractivity contribution in [2.45, 2.75) is 32.2 Å². The third-order valence-electron chi connectivity index (χ3n) is 6.88. The number of carbonyl (C=O) groups is 1. The Kier molecular flexibility index (Phi) is 4.85. The molecule has 2 aliphatic rings. The molecule has 1 saturated carbocycles. The topological polar surface area (TPSA) is 69.0 Å². The van der Waals surface area contributed by atoms with Crippen LogP contribution in [0.2, 0.25) is 0 Å². The Labute approximate surface area is 196 Å². The van der Waals surface area contributed by atoms with Crippen LogP contribution >= 0.6 is 11.3 Å². The molecule has 0 atom stereocenters. The number of aryl methyl sites for hydroxylation is 2. The average Bonchev–Trinajstić information content (AvgIpc) is 3.35. The smallest absolute Gasteiger partial charge is 0.270 e. The van der Waals surface area contributed by atoms with Crippen molar-refractivity contribution in [2.24, 2.45) is 12.5 Å². The molecule has 3 aromatic heterocycles. The maximum absolute atomic E-state index is 13.0. The molecule has 0 unspecified atom stereocenters. The first-order chi connectivity index (χ1) is 16.0. The van der Waals surface area contributed by atoms with E-state index >= 15 is 0 Å². The van der Waals surface area contributed by atoms with Gasteiger partial charge in [0.15, 0.2) is 0 Å². The first kappa shape index (κ1) is 20.6. The van der Waals surface area contributed by atoms with Gasteiger partial charge in [-0.05, 0) is 60.4 Å². The Balaban J connectivity index is 1.24. The van der Waals surface area contributed by atoms with Crippen LogP contribution in [-0.2, 0) is 18.2 Å². The third-order valence-corrected chi connectivity index (χ3v) is 8.04. The molecule has 1 aromatic carbocycles. The number of nitrogens with zero attached hydrogens (tertiary/aromatic N) is 3. The van der Waals surface area contributed by atoms with Crippen molar-refractivity contribution >= 4 is 27.5 Å². The monoisotopic (exact) mass is 458 g/mol. The van der Waals surface area contributed by atoms with Crippen LogP contribution in [0.3, 0.4) is 0 Å². The Morgan fingerprint density at radius 1 is 1.24 bits per heavy atom. The van der Waals surface area contributed by atoms with Gasteiger partial charge in [-0.15, -0.1) is 11.3 Å². The fourth-order valence-electron chi connectivity index (χ4n) is 4.99. The van der Waals surface area contributed by atoms with Gasteiger partial charge in [-0.2, -0.15) is 5.10 Å². The summed E-state index contributed by atoms with van der Waals surface area (Å²) in [5.74, 6) is -0.0747. The molecule has 168 valence electrons. The molecule has 1 spiro atoms. The lowest BCUT2D eigenvalue weighted by atomic mass is 9.64. The van der Waals surface area contributed by atoms with Gasteiger partial charge in [-0.1, -0.05) is 24.3 Å². The van der Waals surface area contributed by atoms with Gasteiger partial charge in [0.2, 0.25) is 0 Å². The zero-order valence-corrected chi connectivity index (χ0v) is 19.6. The van der Waals surface area contributed by atoms with Gasteiger partial charge in [0.1, 0.15) is 5.69 Å². The highest BCUT2D eigenvalue weighted by Gasteiger charge is 2.50. The van der Waals surface area contributed by atoms with E-state index in [1.165, 1.54) is 5.56 Å². The summed E-state index contributed by atoms with van der Waals surface area (Å²) in [5.41, 5.74) is 7.30. The van der Waals surface area contributed by atoms with Crippen molar-refractivity contribution in [3.05, 3.63) is 70.4 Å². The lowest BCUT2D eigenvalue weighted by Crippen LogP contribution is -2.59. The summed E-state index contributed by atoms with van der Waals surface area (Å²) in [5, 5.41) is 9.79. The van der Waals surface area contributed by atoms with Crippen molar-refractivity contribution in [3.8, 4) is 11.3 Å². The minimum absolute atomic E-state index is 0.0747. The highest BCUT2D eigenvalue weighted by atomic mass is 32.1. The van der Waals surface area contributed by atoms with Crippen LogP contribution < -0.4 is 5.32 Å². The Hall–Kier alpha value is -3.03. The van der Waals surface area contributed by atoms with Crippen LogP contribution in [-0.4, -0.2) is 39.9 Å².